The fourth-order valence-corrected chi connectivity index (χ4v) is 2.21. The number of carbonyl (C=O) groups excluding carboxylic acids is 1. The maximum atomic E-state index is 11.9. The molecule has 0 radical (unpaired) electrons. The summed E-state index contributed by atoms with van der Waals surface area (Å²) in [6.45, 7) is 6.61. The molecule has 2 amide bonds. The van der Waals surface area contributed by atoms with Crippen molar-refractivity contribution in [3.8, 4) is 0 Å². The molecule has 0 aromatic heterocycles. The van der Waals surface area contributed by atoms with E-state index in [4.69, 9.17) is 0 Å². The molecule has 0 spiro atoms. The molecule has 0 aliphatic heterocycles. The van der Waals surface area contributed by atoms with Crippen LogP contribution in [0.5, 0.6) is 0 Å². The average Bonchev–Trinajstić information content (AvgIpc) is 2.36. The van der Waals surface area contributed by atoms with E-state index in [1.165, 1.54) is 5.56 Å². The van der Waals surface area contributed by atoms with Crippen LogP contribution in [0, 0.1) is 20.8 Å². The van der Waals surface area contributed by atoms with Crippen LogP contribution in [0.3, 0.4) is 0 Å². The number of urea groups is 1. The van der Waals surface area contributed by atoms with Gasteiger partial charge in [-0.05, 0) is 55.2 Å². The molecule has 104 valence electrons. The first-order valence-corrected chi connectivity index (χ1v) is 6.72. The lowest BCUT2D eigenvalue weighted by atomic mass is 10.1. The summed E-state index contributed by atoms with van der Waals surface area (Å²) in [5.74, 6) is 0. The number of hydrogen-bond acceptors (Lipinski definition) is 1. The monoisotopic (exact) mass is 268 g/mol. The first kappa shape index (κ1) is 14.1. The minimum atomic E-state index is -0.182. The maximum absolute atomic E-state index is 11.9. The number of carbonyl (C=O) groups is 1. The van der Waals surface area contributed by atoms with E-state index in [0.717, 1.165) is 22.4 Å². The molecule has 2 aromatic rings. The predicted octanol–water partition coefficient (Wildman–Crippen LogP) is 3.93. The molecule has 0 heterocycles. The van der Waals surface area contributed by atoms with Crippen molar-refractivity contribution in [3.05, 3.63) is 64.7 Å². The second-order valence-electron chi connectivity index (χ2n) is 5.11. The number of hydrogen-bond donors (Lipinski definition) is 2. The minimum absolute atomic E-state index is 0.182. The molecule has 2 N–H and O–H groups in total. The number of benzene rings is 2. The van der Waals surface area contributed by atoms with Crippen molar-refractivity contribution in [1.82, 2.24) is 5.32 Å². The largest absolute Gasteiger partial charge is 0.334 e. The van der Waals surface area contributed by atoms with Crippen LogP contribution in [-0.4, -0.2) is 6.03 Å². The molecule has 0 unspecified atom stereocenters. The average molecular weight is 268 g/mol. The van der Waals surface area contributed by atoms with Gasteiger partial charge in [-0.2, -0.15) is 0 Å². The molecule has 0 aliphatic rings. The van der Waals surface area contributed by atoms with Gasteiger partial charge in [0, 0.05) is 12.2 Å². The molecule has 2 rings (SSSR count). The zero-order valence-electron chi connectivity index (χ0n) is 12.2. The molecule has 0 saturated carbocycles. The third kappa shape index (κ3) is 3.85. The summed E-state index contributed by atoms with van der Waals surface area (Å²) < 4.78 is 0. The van der Waals surface area contributed by atoms with E-state index < -0.39 is 0 Å². The lowest BCUT2D eigenvalue weighted by Gasteiger charge is -2.10. The molecule has 0 saturated heterocycles. The van der Waals surface area contributed by atoms with Crippen LogP contribution in [0.25, 0.3) is 0 Å². The molecule has 2 aromatic carbocycles. The highest BCUT2D eigenvalue weighted by atomic mass is 16.2. The Morgan fingerprint density at radius 2 is 1.65 bits per heavy atom. The molecule has 0 bridgehead atoms. The second kappa shape index (κ2) is 6.24. The molecular formula is C17H20N2O. The molecule has 0 fully saturated rings. The van der Waals surface area contributed by atoms with Gasteiger partial charge in [-0.3, -0.25) is 0 Å². The van der Waals surface area contributed by atoms with Crippen LogP contribution < -0.4 is 10.6 Å². The summed E-state index contributed by atoms with van der Waals surface area (Å²) in [5, 5.41) is 5.74. The van der Waals surface area contributed by atoms with Gasteiger partial charge in [0.05, 0.1) is 0 Å². The molecule has 20 heavy (non-hydrogen) atoms. The number of rotatable bonds is 3. The Balaban J connectivity index is 1.94. The van der Waals surface area contributed by atoms with Crippen LogP contribution in [0.2, 0.25) is 0 Å². The fourth-order valence-electron chi connectivity index (χ4n) is 2.21. The van der Waals surface area contributed by atoms with E-state index in [9.17, 15) is 4.79 Å². The van der Waals surface area contributed by atoms with E-state index >= 15 is 0 Å². The SMILES string of the molecule is Cc1cc(C)cc(NC(=O)NCc2ccccc2C)c1. The van der Waals surface area contributed by atoms with Crippen molar-refractivity contribution in [2.75, 3.05) is 5.32 Å². The number of anilines is 1. The molecule has 3 nitrogen and oxygen atoms in total. The molecule has 0 atom stereocenters. The summed E-state index contributed by atoms with van der Waals surface area (Å²) in [6, 6.07) is 13.8. The number of amides is 2. The van der Waals surface area contributed by atoms with Crippen LogP contribution in [-0.2, 0) is 6.54 Å². The van der Waals surface area contributed by atoms with E-state index in [1.807, 2.05) is 57.2 Å². The highest BCUT2D eigenvalue weighted by Gasteiger charge is 2.03. The molecule has 3 heteroatoms. The van der Waals surface area contributed by atoms with E-state index in [-0.39, 0.29) is 6.03 Å². The van der Waals surface area contributed by atoms with Crippen LogP contribution in [0.4, 0.5) is 10.5 Å². The lowest BCUT2D eigenvalue weighted by molar-refractivity contribution is 0.251. The van der Waals surface area contributed by atoms with Crippen molar-refractivity contribution in [1.29, 1.82) is 0 Å². The van der Waals surface area contributed by atoms with E-state index in [0.29, 0.717) is 6.54 Å². The Labute approximate surface area is 120 Å². The maximum Gasteiger partial charge on any atom is 0.319 e. The number of nitrogens with one attached hydrogen (secondary N) is 2. The highest BCUT2D eigenvalue weighted by molar-refractivity contribution is 5.89. The van der Waals surface area contributed by atoms with Crippen molar-refractivity contribution >= 4 is 11.7 Å². The smallest absolute Gasteiger partial charge is 0.319 e. The van der Waals surface area contributed by atoms with Crippen molar-refractivity contribution < 1.29 is 4.79 Å². The summed E-state index contributed by atoms with van der Waals surface area (Å²) in [7, 11) is 0. The topological polar surface area (TPSA) is 41.1 Å². The zero-order valence-corrected chi connectivity index (χ0v) is 12.2. The fraction of sp³-hybridized carbons (Fsp3) is 0.235. The predicted molar refractivity (Wildman–Crippen MR) is 83.0 cm³/mol. The standard InChI is InChI=1S/C17H20N2O/c1-12-8-13(2)10-16(9-12)19-17(20)18-11-15-7-5-4-6-14(15)3/h4-10H,11H2,1-3H3,(H2,18,19,20). The van der Waals surface area contributed by atoms with E-state index in [1.54, 1.807) is 0 Å². The summed E-state index contributed by atoms with van der Waals surface area (Å²) in [5.41, 5.74) is 5.41. The van der Waals surface area contributed by atoms with E-state index in [2.05, 4.69) is 16.7 Å². The Morgan fingerprint density at radius 1 is 1.00 bits per heavy atom. The first-order valence-electron chi connectivity index (χ1n) is 6.72. The Bertz CT molecular complexity index is 600. The van der Waals surface area contributed by atoms with Gasteiger partial charge in [0.2, 0.25) is 0 Å². The van der Waals surface area contributed by atoms with Gasteiger partial charge in [-0.1, -0.05) is 30.3 Å². The zero-order chi connectivity index (χ0) is 14.5. The van der Waals surface area contributed by atoms with Gasteiger partial charge in [-0.15, -0.1) is 0 Å². The number of aryl methyl sites for hydroxylation is 3. The summed E-state index contributed by atoms with van der Waals surface area (Å²) >= 11 is 0. The Hall–Kier alpha value is -2.29. The van der Waals surface area contributed by atoms with Crippen LogP contribution >= 0.6 is 0 Å². The van der Waals surface area contributed by atoms with Gasteiger partial charge in [0.15, 0.2) is 0 Å². The lowest BCUT2D eigenvalue weighted by Crippen LogP contribution is -2.28. The minimum Gasteiger partial charge on any atom is -0.334 e. The normalized spacial score (nSPS) is 10.2. The quantitative estimate of drug-likeness (QED) is 0.870. The van der Waals surface area contributed by atoms with Crippen molar-refractivity contribution in [2.45, 2.75) is 27.3 Å². The van der Waals surface area contributed by atoms with Gasteiger partial charge in [-0.25, -0.2) is 4.79 Å². The second-order valence-corrected chi connectivity index (χ2v) is 5.11. The third-order valence-electron chi connectivity index (χ3n) is 3.18. The van der Waals surface area contributed by atoms with Crippen LogP contribution in [0.15, 0.2) is 42.5 Å². The molecule has 0 aliphatic carbocycles. The van der Waals surface area contributed by atoms with Gasteiger partial charge < -0.3 is 10.6 Å². The Kier molecular flexibility index (Phi) is 4.41. The summed E-state index contributed by atoms with van der Waals surface area (Å²) in [6.07, 6.45) is 0. The van der Waals surface area contributed by atoms with Crippen molar-refractivity contribution in [2.24, 2.45) is 0 Å². The van der Waals surface area contributed by atoms with Gasteiger partial charge in [0.25, 0.3) is 0 Å². The molecular weight excluding hydrogens is 248 g/mol. The summed E-state index contributed by atoms with van der Waals surface area (Å²) in [4.78, 5) is 11.9. The van der Waals surface area contributed by atoms with Crippen molar-refractivity contribution in [3.63, 3.8) is 0 Å². The third-order valence-corrected chi connectivity index (χ3v) is 3.18. The first-order chi connectivity index (χ1) is 9.54. The highest BCUT2D eigenvalue weighted by Crippen LogP contribution is 2.13. The van der Waals surface area contributed by atoms with Crippen LogP contribution in [0.1, 0.15) is 22.3 Å². The van der Waals surface area contributed by atoms with Gasteiger partial charge >= 0.3 is 6.03 Å². The van der Waals surface area contributed by atoms with Gasteiger partial charge in [0.1, 0.15) is 0 Å². The Morgan fingerprint density at radius 3 is 2.30 bits per heavy atom.